The SMILES string of the molecule is CCOc1ccc(NC(=O)[C@@H]2[C@H]3C(=O)N([C@H](C)CO)C(C(=O)NCc4ccccc4)C34CC[C@@]2(CC)O4)cc1. The van der Waals surface area contributed by atoms with Crippen LogP contribution >= 0.6 is 0 Å². The van der Waals surface area contributed by atoms with Crippen molar-refractivity contribution in [2.75, 3.05) is 18.5 Å². The Morgan fingerprint density at radius 2 is 1.82 bits per heavy atom. The Morgan fingerprint density at radius 3 is 2.46 bits per heavy atom. The summed E-state index contributed by atoms with van der Waals surface area (Å²) in [4.78, 5) is 43.2. The third-order valence-corrected chi connectivity index (χ3v) is 8.63. The molecular formula is C30H37N3O6. The zero-order chi connectivity index (χ0) is 27.8. The van der Waals surface area contributed by atoms with Crippen LogP contribution in [0.25, 0.3) is 0 Å². The molecule has 3 aliphatic heterocycles. The van der Waals surface area contributed by atoms with Gasteiger partial charge in [0.15, 0.2) is 0 Å². The molecule has 1 spiro atoms. The van der Waals surface area contributed by atoms with Crippen molar-refractivity contribution < 1.29 is 29.0 Å². The highest BCUT2D eigenvalue weighted by atomic mass is 16.5. The monoisotopic (exact) mass is 535 g/mol. The number of amides is 3. The molecule has 3 heterocycles. The maximum atomic E-state index is 14.1. The molecule has 0 aromatic heterocycles. The van der Waals surface area contributed by atoms with E-state index < -0.39 is 35.1 Å². The second-order valence-corrected chi connectivity index (χ2v) is 10.8. The van der Waals surface area contributed by atoms with E-state index in [-0.39, 0.29) is 24.3 Å². The molecule has 3 fully saturated rings. The molecule has 3 aliphatic rings. The van der Waals surface area contributed by atoms with Gasteiger partial charge in [0.1, 0.15) is 17.4 Å². The fourth-order valence-corrected chi connectivity index (χ4v) is 6.82. The molecule has 6 atom stereocenters. The first-order valence-corrected chi connectivity index (χ1v) is 13.8. The smallest absolute Gasteiger partial charge is 0.246 e. The molecule has 208 valence electrons. The van der Waals surface area contributed by atoms with Crippen molar-refractivity contribution in [2.24, 2.45) is 11.8 Å². The molecule has 3 N–H and O–H groups in total. The van der Waals surface area contributed by atoms with Crippen LogP contribution in [-0.2, 0) is 25.7 Å². The van der Waals surface area contributed by atoms with Crippen LogP contribution < -0.4 is 15.4 Å². The molecular weight excluding hydrogens is 498 g/mol. The molecule has 0 aliphatic carbocycles. The molecule has 3 saturated heterocycles. The van der Waals surface area contributed by atoms with Crippen molar-refractivity contribution in [3.8, 4) is 5.75 Å². The van der Waals surface area contributed by atoms with Gasteiger partial charge >= 0.3 is 0 Å². The topological polar surface area (TPSA) is 117 Å². The minimum absolute atomic E-state index is 0.299. The van der Waals surface area contributed by atoms with Gasteiger partial charge < -0.3 is 30.1 Å². The molecule has 3 amide bonds. The van der Waals surface area contributed by atoms with E-state index in [0.717, 1.165) is 5.56 Å². The molecule has 9 nitrogen and oxygen atoms in total. The Morgan fingerprint density at radius 1 is 1.10 bits per heavy atom. The normalized spacial score (nSPS) is 29.7. The van der Waals surface area contributed by atoms with Crippen molar-refractivity contribution in [3.63, 3.8) is 0 Å². The number of anilines is 1. The summed E-state index contributed by atoms with van der Waals surface area (Å²) in [5.41, 5.74) is -0.463. The Hall–Kier alpha value is -3.43. The van der Waals surface area contributed by atoms with E-state index >= 15 is 0 Å². The lowest BCUT2D eigenvalue weighted by Gasteiger charge is -2.36. The predicted octanol–water partition coefficient (Wildman–Crippen LogP) is 2.88. The molecule has 0 saturated carbocycles. The second-order valence-electron chi connectivity index (χ2n) is 10.8. The van der Waals surface area contributed by atoms with Crippen LogP contribution in [0.3, 0.4) is 0 Å². The number of fused-ring (bicyclic) bond motifs is 1. The van der Waals surface area contributed by atoms with Crippen LogP contribution in [0.1, 0.15) is 45.6 Å². The molecule has 0 radical (unpaired) electrons. The first-order valence-electron chi connectivity index (χ1n) is 13.8. The average molecular weight is 536 g/mol. The number of carbonyl (C=O) groups excluding carboxylic acids is 3. The number of ether oxygens (including phenoxy) is 2. The number of nitrogens with one attached hydrogen (secondary N) is 2. The lowest BCUT2D eigenvalue weighted by Crippen LogP contribution is -2.57. The van der Waals surface area contributed by atoms with Gasteiger partial charge in [0.05, 0.1) is 36.7 Å². The van der Waals surface area contributed by atoms with Crippen LogP contribution in [0, 0.1) is 11.8 Å². The summed E-state index contributed by atoms with van der Waals surface area (Å²) in [7, 11) is 0. The molecule has 9 heteroatoms. The summed E-state index contributed by atoms with van der Waals surface area (Å²) < 4.78 is 12.2. The van der Waals surface area contributed by atoms with Gasteiger partial charge in [-0.15, -0.1) is 0 Å². The van der Waals surface area contributed by atoms with Crippen LogP contribution in [0.15, 0.2) is 54.6 Å². The number of rotatable bonds is 10. The Kier molecular flexibility index (Phi) is 7.39. The van der Waals surface area contributed by atoms with Crippen molar-refractivity contribution in [1.82, 2.24) is 10.2 Å². The fourth-order valence-electron chi connectivity index (χ4n) is 6.82. The Bertz CT molecular complexity index is 1220. The minimum Gasteiger partial charge on any atom is -0.494 e. The number of likely N-dealkylation sites (tertiary alicyclic amines) is 1. The van der Waals surface area contributed by atoms with Gasteiger partial charge in [-0.1, -0.05) is 37.3 Å². The number of hydrogen-bond acceptors (Lipinski definition) is 6. The molecule has 5 rings (SSSR count). The minimum atomic E-state index is -1.14. The van der Waals surface area contributed by atoms with Gasteiger partial charge in [-0.2, -0.15) is 0 Å². The van der Waals surface area contributed by atoms with Crippen molar-refractivity contribution >= 4 is 23.4 Å². The largest absolute Gasteiger partial charge is 0.494 e. The summed E-state index contributed by atoms with van der Waals surface area (Å²) in [6, 6.07) is 15.1. The van der Waals surface area contributed by atoms with Gasteiger partial charge in [0.25, 0.3) is 0 Å². The van der Waals surface area contributed by atoms with E-state index in [9.17, 15) is 19.5 Å². The highest BCUT2D eigenvalue weighted by molar-refractivity contribution is 6.02. The van der Waals surface area contributed by atoms with E-state index in [1.165, 1.54) is 4.90 Å². The molecule has 2 aromatic carbocycles. The Balaban J connectivity index is 1.46. The van der Waals surface area contributed by atoms with Gasteiger partial charge in [-0.3, -0.25) is 14.4 Å². The number of carbonyl (C=O) groups is 3. The standard InChI is InChI=1S/C30H37N3O6/c1-4-29-15-16-30(39-29)24(23(29)26(35)32-21-11-13-22(14-12-21)38-5-2)28(37)33(19(3)18-34)25(30)27(36)31-17-20-9-7-6-8-10-20/h6-14,19,23-25,34H,4-5,15-18H2,1-3H3,(H,31,36)(H,32,35)/t19-,23+,24+,25?,29-,30?/m1/s1. The number of nitrogens with zero attached hydrogens (tertiary/aromatic N) is 1. The summed E-state index contributed by atoms with van der Waals surface area (Å²) in [6.07, 6.45) is 1.59. The number of aliphatic hydroxyl groups is 1. The Labute approximate surface area is 228 Å². The molecule has 2 aromatic rings. The van der Waals surface area contributed by atoms with E-state index in [1.54, 1.807) is 31.2 Å². The van der Waals surface area contributed by atoms with E-state index in [0.29, 0.717) is 43.9 Å². The first-order chi connectivity index (χ1) is 18.8. The molecule has 2 unspecified atom stereocenters. The van der Waals surface area contributed by atoms with Crippen LogP contribution in [0.5, 0.6) is 5.75 Å². The van der Waals surface area contributed by atoms with E-state index in [2.05, 4.69) is 10.6 Å². The van der Waals surface area contributed by atoms with E-state index in [1.807, 2.05) is 44.2 Å². The highest BCUT2D eigenvalue weighted by Crippen LogP contribution is 2.64. The molecule has 2 bridgehead atoms. The quantitative estimate of drug-likeness (QED) is 0.431. The maximum absolute atomic E-state index is 14.1. The van der Waals surface area contributed by atoms with Crippen molar-refractivity contribution in [1.29, 1.82) is 0 Å². The summed E-state index contributed by atoms with van der Waals surface area (Å²) >= 11 is 0. The fraction of sp³-hybridized carbons (Fsp3) is 0.500. The molecule has 39 heavy (non-hydrogen) atoms. The lowest BCUT2D eigenvalue weighted by atomic mass is 9.65. The van der Waals surface area contributed by atoms with Crippen molar-refractivity contribution in [2.45, 2.75) is 69.9 Å². The summed E-state index contributed by atoms with van der Waals surface area (Å²) in [6.45, 7) is 6.11. The summed E-state index contributed by atoms with van der Waals surface area (Å²) in [5, 5.41) is 16.0. The summed E-state index contributed by atoms with van der Waals surface area (Å²) in [5.74, 6) is -1.85. The van der Waals surface area contributed by atoms with Gasteiger partial charge in [-0.25, -0.2) is 0 Å². The third-order valence-electron chi connectivity index (χ3n) is 8.63. The van der Waals surface area contributed by atoms with Crippen LogP contribution in [0.2, 0.25) is 0 Å². The second kappa shape index (κ2) is 10.6. The average Bonchev–Trinajstić information content (AvgIpc) is 3.56. The predicted molar refractivity (Wildman–Crippen MR) is 145 cm³/mol. The number of benzene rings is 2. The third kappa shape index (κ3) is 4.47. The highest BCUT2D eigenvalue weighted by Gasteiger charge is 2.78. The lowest BCUT2D eigenvalue weighted by molar-refractivity contribution is -0.149. The van der Waals surface area contributed by atoms with Crippen LogP contribution in [-0.4, -0.2) is 64.2 Å². The zero-order valence-corrected chi connectivity index (χ0v) is 22.7. The zero-order valence-electron chi connectivity index (χ0n) is 22.7. The van der Waals surface area contributed by atoms with Crippen molar-refractivity contribution in [3.05, 3.63) is 60.2 Å². The number of aliphatic hydroxyl groups excluding tert-OH is 1. The number of hydrogen-bond donors (Lipinski definition) is 3. The van der Waals surface area contributed by atoms with E-state index in [4.69, 9.17) is 9.47 Å². The van der Waals surface area contributed by atoms with Crippen LogP contribution in [0.4, 0.5) is 5.69 Å². The van der Waals surface area contributed by atoms with Gasteiger partial charge in [-0.05, 0) is 62.9 Å². The first kappa shape index (κ1) is 27.1. The maximum Gasteiger partial charge on any atom is 0.246 e. The van der Waals surface area contributed by atoms with Gasteiger partial charge in [0.2, 0.25) is 17.7 Å². The van der Waals surface area contributed by atoms with Gasteiger partial charge in [0, 0.05) is 12.2 Å².